The third kappa shape index (κ3) is 5.92. The van der Waals surface area contributed by atoms with E-state index in [1.807, 2.05) is 51.1 Å². The van der Waals surface area contributed by atoms with Crippen molar-refractivity contribution in [3.05, 3.63) is 47.3 Å². The summed E-state index contributed by atoms with van der Waals surface area (Å²) < 4.78 is 5.04. The molecule has 1 N–H and O–H groups in total. The summed E-state index contributed by atoms with van der Waals surface area (Å²) in [5.74, 6) is -0.740. The molecule has 0 radical (unpaired) electrons. The molecule has 1 aromatic heterocycles. The highest BCUT2D eigenvalue weighted by atomic mass is 16.5. The van der Waals surface area contributed by atoms with Crippen LogP contribution in [0.1, 0.15) is 85.3 Å². The standard InChI is InChI=1S/C28H37N5O4/c1-18(2)23-22(27(35)37-4)24(31-25(30-23)20-11-7-5-8-12-20)26(34)32-15-16-33(19(3)17-32)28(36)29-21-13-9-6-10-14-21/h5,7-8,11-12,18-19,21H,6,9-10,13-17H2,1-4H3,(H,29,36). The van der Waals surface area contributed by atoms with Gasteiger partial charge in [-0.1, -0.05) is 63.4 Å². The summed E-state index contributed by atoms with van der Waals surface area (Å²) in [5, 5.41) is 3.17. The van der Waals surface area contributed by atoms with Gasteiger partial charge in [0.2, 0.25) is 0 Å². The predicted octanol–water partition coefficient (Wildman–Crippen LogP) is 4.24. The summed E-state index contributed by atoms with van der Waals surface area (Å²) in [7, 11) is 1.29. The lowest BCUT2D eigenvalue weighted by atomic mass is 9.96. The van der Waals surface area contributed by atoms with Crippen molar-refractivity contribution in [1.29, 1.82) is 0 Å². The summed E-state index contributed by atoms with van der Waals surface area (Å²) in [5.41, 5.74) is 1.37. The van der Waals surface area contributed by atoms with Gasteiger partial charge in [0.25, 0.3) is 5.91 Å². The molecule has 0 spiro atoms. The number of hydrogen-bond acceptors (Lipinski definition) is 6. The van der Waals surface area contributed by atoms with E-state index >= 15 is 0 Å². The van der Waals surface area contributed by atoms with Crippen molar-refractivity contribution < 1.29 is 19.1 Å². The van der Waals surface area contributed by atoms with Crippen LogP contribution in [0.15, 0.2) is 30.3 Å². The van der Waals surface area contributed by atoms with Crippen LogP contribution in [0.5, 0.6) is 0 Å². The molecule has 4 rings (SSSR count). The minimum absolute atomic E-state index is 0.0386. The minimum atomic E-state index is -0.634. The number of nitrogens with one attached hydrogen (secondary N) is 1. The molecule has 1 saturated carbocycles. The highest BCUT2D eigenvalue weighted by Crippen LogP contribution is 2.27. The van der Waals surface area contributed by atoms with Crippen LogP contribution in [0.4, 0.5) is 4.79 Å². The minimum Gasteiger partial charge on any atom is -0.465 e. The van der Waals surface area contributed by atoms with E-state index in [1.54, 1.807) is 9.80 Å². The van der Waals surface area contributed by atoms with Crippen molar-refractivity contribution in [2.24, 2.45) is 0 Å². The molecule has 0 bridgehead atoms. The Hall–Kier alpha value is -3.49. The normalized spacial score (nSPS) is 18.6. The molecule has 1 aromatic carbocycles. The van der Waals surface area contributed by atoms with E-state index in [0.717, 1.165) is 31.2 Å². The summed E-state index contributed by atoms with van der Waals surface area (Å²) in [6, 6.07) is 9.37. The van der Waals surface area contributed by atoms with E-state index in [2.05, 4.69) is 15.3 Å². The number of aromatic nitrogens is 2. The Morgan fingerprint density at radius 3 is 2.35 bits per heavy atom. The maximum atomic E-state index is 13.8. The van der Waals surface area contributed by atoms with Crippen LogP contribution in [0, 0.1) is 0 Å². The van der Waals surface area contributed by atoms with Gasteiger partial charge in [-0.05, 0) is 25.7 Å². The second-order valence-electron chi connectivity index (χ2n) is 10.2. The lowest BCUT2D eigenvalue weighted by Crippen LogP contribution is -2.59. The van der Waals surface area contributed by atoms with E-state index < -0.39 is 5.97 Å². The molecule has 9 nitrogen and oxygen atoms in total. The second kappa shape index (κ2) is 11.7. The quantitative estimate of drug-likeness (QED) is 0.607. The molecule has 198 valence electrons. The number of urea groups is 1. The third-order valence-corrected chi connectivity index (χ3v) is 7.22. The van der Waals surface area contributed by atoms with E-state index in [1.165, 1.54) is 13.5 Å². The number of amides is 3. The Balaban J connectivity index is 1.60. The highest BCUT2D eigenvalue weighted by molar-refractivity contribution is 6.05. The maximum Gasteiger partial charge on any atom is 0.342 e. The Morgan fingerprint density at radius 1 is 1.03 bits per heavy atom. The van der Waals surface area contributed by atoms with Crippen LogP contribution in [0.25, 0.3) is 11.4 Å². The van der Waals surface area contributed by atoms with Crippen molar-refractivity contribution >= 4 is 17.9 Å². The van der Waals surface area contributed by atoms with Crippen LogP contribution in [0.2, 0.25) is 0 Å². The average Bonchev–Trinajstić information content (AvgIpc) is 2.92. The maximum absolute atomic E-state index is 13.8. The topological polar surface area (TPSA) is 105 Å². The van der Waals surface area contributed by atoms with Crippen LogP contribution >= 0.6 is 0 Å². The molecule has 1 aliphatic carbocycles. The zero-order valence-corrected chi connectivity index (χ0v) is 22.2. The number of hydrogen-bond donors (Lipinski definition) is 1. The van der Waals surface area contributed by atoms with E-state index in [0.29, 0.717) is 31.2 Å². The fourth-order valence-corrected chi connectivity index (χ4v) is 5.17. The van der Waals surface area contributed by atoms with Gasteiger partial charge in [-0.15, -0.1) is 0 Å². The Labute approximate surface area is 218 Å². The second-order valence-corrected chi connectivity index (χ2v) is 10.2. The van der Waals surface area contributed by atoms with Gasteiger partial charge in [0.15, 0.2) is 5.82 Å². The summed E-state index contributed by atoms with van der Waals surface area (Å²) in [6.45, 7) is 6.89. The lowest BCUT2D eigenvalue weighted by molar-refractivity contribution is 0.0541. The van der Waals surface area contributed by atoms with Gasteiger partial charge < -0.3 is 19.9 Å². The summed E-state index contributed by atoms with van der Waals surface area (Å²) in [6.07, 6.45) is 5.56. The van der Waals surface area contributed by atoms with Crippen LogP contribution in [-0.4, -0.2) is 76.5 Å². The SMILES string of the molecule is COC(=O)c1c(C(=O)N2CCN(C(=O)NC3CCCCC3)C(C)C2)nc(-c2ccccc2)nc1C(C)C. The van der Waals surface area contributed by atoms with Crippen molar-refractivity contribution in [3.8, 4) is 11.4 Å². The van der Waals surface area contributed by atoms with Gasteiger partial charge in [0.05, 0.1) is 12.8 Å². The molecule has 2 aromatic rings. The lowest BCUT2D eigenvalue weighted by Gasteiger charge is -2.40. The number of benzene rings is 1. The van der Waals surface area contributed by atoms with Crippen molar-refractivity contribution in [3.63, 3.8) is 0 Å². The molecule has 1 unspecified atom stereocenters. The number of piperazine rings is 1. The molecule has 37 heavy (non-hydrogen) atoms. The highest BCUT2D eigenvalue weighted by Gasteiger charge is 2.35. The predicted molar refractivity (Wildman–Crippen MR) is 140 cm³/mol. The van der Waals surface area contributed by atoms with Crippen molar-refractivity contribution in [2.75, 3.05) is 26.7 Å². The average molecular weight is 508 g/mol. The van der Waals surface area contributed by atoms with Gasteiger partial charge in [0.1, 0.15) is 11.3 Å². The molecule has 1 atom stereocenters. The zero-order chi connectivity index (χ0) is 26.5. The molecule has 1 saturated heterocycles. The molecule has 9 heteroatoms. The number of carbonyl (C=O) groups is 3. The van der Waals surface area contributed by atoms with Gasteiger partial charge in [-0.2, -0.15) is 0 Å². The first kappa shape index (κ1) is 26.6. The Kier molecular flexibility index (Phi) is 8.41. The van der Waals surface area contributed by atoms with Gasteiger partial charge in [0, 0.05) is 37.3 Å². The molecule has 2 fully saturated rings. The molecule has 3 amide bonds. The summed E-state index contributed by atoms with van der Waals surface area (Å²) >= 11 is 0. The Morgan fingerprint density at radius 2 is 1.73 bits per heavy atom. The first-order chi connectivity index (χ1) is 17.8. The number of carbonyl (C=O) groups excluding carboxylic acids is 3. The van der Waals surface area contributed by atoms with Crippen LogP contribution in [-0.2, 0) is 4.74 Å². The number of rotatable bonds is 5. The zero-order valence-electron chi connectivity index (χ0n) is 22.2. The first-order valence-electron chi connectivity index (χ1n) is 13.2. The van der Waals surface area contributed by atoms with Gasteiger partial charge in [-0.3, -0.25) is 4.79 Å². The van der Waals surface area contributed by atoms with Gasteiger partial charge in [-0.25, -0.2) is 19.6 Å². The van der Waals surface area contributed by atoms with E-state index in [-0.39, 0.29) is 41.2 Å². The number of methoxy groups -OCH3 is 1. The molecular formula is C28H37N5O4. The van der Waals surface area contributed by atoms with Crippen molar-refractivity contribution in [2.45, 2.75) is 70.9 Å². The van der Waals surface area contributed by atoms with E-state index in [4.69, 9.17) is 4.74 Å². The van der Waals surface area contributed by atoms with Crippen LogP contribution < -0.4 is 5.32 Å². The third-order valence-electron chi connectivity index (χ3n) is 7.22. The van der Waals surface area contributed by atoms with Crippen molar-refractivity contribution in [1.82, 2.24) is 25.1 Å². The fourth-order valence-electron chi connectivity index (χ4n) is 5.17. The Bertz CT molecular complexity index is 1130. The first-order valence-corrected chi connectivity index (χ1v) is 13.2. The molecule has 1 aliphatic heterocycles. The number of esters is 1. The number of nitrogens with zero attached hydrogens (tertiary/aromatic N) is 4. The monoisotopic (exact) mass is 507 g/mol. The smallest absolute Gasteiger partial charge is 0.342 e. The van der Waals surface area contributed by atoms with E-state index in [9.17, 15) is 14.4 Å². The fraction of sp³-hybridized carbons (Fsp3) is 0.536. The summed E-state index contributed by atoms with van der Waals surface area (Å²) in [4.78, 5) is 52.4. The van der Waals surface area contributed by atoms with Crippen LogP contribution in [0.3, 0.4) is 0 Å². The molecular weight excluding hydrogens is 470 g/mol. The molecule has 2 aliphatic rings. The van der Waals surface area contributed by atoms with Gasteiger partial charge >= 0.3 is 12.0 Å². The molecule has 2 heterocycles. The number of ether oxygens (including phenoxy) is 1. The largest absolute Gasteiger partial charge is 0.465 e.